The van der Waals surface area contributed by atoms with E-state index in [2.05, 4.69) is 62.8 Å². The number of aromatic nitrogens is 3. The number of primary amides is 1. The fourth-order valence-corrected chi connectivity index (χ4v) is 7.43. The summed E-state index contributed by atoms with van der Waals surface area (Å²) in [5.74, 6) is -7.98. The van der Waals surface area contributed by atoms with Crippen molar-refractivity contribution in [1.29, 1.82) is 0 Å². The van der Waals surface area contributed by atoms with Gasteiger partial charge in [0.25, 0.3) is 0 Å². The largest absolute Gasteiger partial charge is 0.368 e. The minimum absolute atomic E-state index is 0.0268. The molecule has 368 valence electrons. The molecule has 1 aliphatic heterocycles. The Balaban J connectivity index is 1.43. The van der Waals surface area contributed by atoms with Gasteiger partial charge in [-0.25, -0.2) is 4.98 Å². The SMILES string of the molecule is CCCC[C@H](NC(C)=O)C(=O)NC1CNC(=O)CCC(=O)NCC(C(=O)N[C@@H](Cc2c[nH]c3ccccc23)C(N)=O)NC(=O)CNC(=O)C(Cc2ccccc2)NC(=O)[C@H](Cc2cnc[nH]2)NC1=O. The van der Waals surface area contributed by atoms with Gasteiger partial charge in [-0.3, -0.25) is 47.9 Å². The lowest BCUT2D eigenvalue weighted by Crippen LogP contribution is -2.61. The molecule has 6 atom stereocenters. The first-order valence-electron chi connectivity index (χ1n) is 22.5. The van der Waals surface area contributed by atoms with Crippen LogP contribution in [0.2, 0.25) is 0 Å². The molecule has 23 nitrogen and oxygen atoms in total. The Morgan fingerprint density at radius 2 is 1.43 bits per heavy atom. The number of carbonyl (C=O) groups is 10. The summed E-state index contributed by atoms with van der Waals surface area (Å²) in [5.41, 5.74) is 8.18. The number of hydrogen-bond acceptors (Lipinski definition) is 11. The van der Waals surface area contributed by atoms with E-state index in [0.717, 1.165) is 10.9 Å². The maximum Gasteiger partial charge on any atom is 0.245 e. The topological polar surface area (TPSA) is 349 Å². The van der Waals surface area contributed by atoms with Crippen LogP contribution in [0.25, 0.3) is 10.9 Å². The Labute approximate surface area is 396 Å². The van der Waals surface area contributed by atoms with E-state index in [1.54, 1.807) is 42.6 Å². The van der Waals surface area contributed by atoms with Crippen LogP contribution in [0.5, 0.6) is 0 Å². The summed E-state index contributed by atoms with van der Waals surface area (Å²) in [6.07, 6.45) is 4.74. The fourth-order valence-electron chi connectivity index (χ4n) is 7.43. The van der Waals surface area contributed by atoms with Gasteiger partial charge in [0.05, 0.1) is 12.9 Å². The van der Waals surface area contributed by atoms with Crippen LogP contribution in [-0.2, 0) is 67.2 Å². The standard InChI is InChI=1S/C46H59N13O10/c1-3-4-13-32(54-26(2)60)43(66)59-37-23-51-39(62)16-15-38(61)50-22-36(45(68)56-33(41(47)64)18-28-20-49-31-14-9-8-12-30(28)31)55-40(63)24-52-42(65)34(17-27-10-6-5-7-11-27)57-44(67)35(58-46(37)69)19-29-21-48-25-53-29/h5-12,14,20-21,25,32-37,49H,3-4,13,15-19,22-24H2,1-2H3,(H2,47,64)(H,48,53)(H,50,61)(H,51,62)(H,52,65)(H,54,60)(H,55,63)(H,56,68)(H,57,67)(H,58,69)(H,59,66)/t32-,33-,34?,35-,36?,37?/m0/s1. The molecule has 3 heterocycles. The van der Waals surface area contributed by atoms with Gasteiger partial charge >= 0.3 is 0 Å². The van der Waals surface area contributed by atoms with Crippen molar-refractivity contribution in [2.45, 2.75) is 101 Å². The highest BCUT2D eigenvalue weighted by molar-refractivity contribution is 5.98. The second kappa shape index (κ2) is 25.7. The molecule has 0 bridgehead atoms. The first-order valence-corrected chi connectivity index (χ1v) is 22.5. The Hall–Kier alpha value is -8.11. The van der Waals surface area contributed by atoms with Crippen molar-refractivity contribution < 1.29 is 47.9 Å². The Kier molecular flexibility index (Phi) is 19.3. The Morgan fingerprint density at radius 1 is 0.754 bits per heavy atom. The molecule has 0 aliphatic carbocycles. The van der Waals surface area contributed by atoms with E-state index in [1.165, 1.54) is 19.4 Å². The predicted octanol–water partition coefficient (Wildman–Crippen LogP) is -2.33. The van der Waals surface area contributed by atoms with E-state index in [9.17, 15) is 47.9 Å². The summed E-state index contributed by atoms with van der Waals surface area (Å²) in [7, 11) is 0. The summed E-state index contributed by atoms with van der Waals surface area (Å²) >= 11 is 0. The van der Waals surface area contributed by atoms with Crippen LogP contribution in [0.1, 0.15) is 62.8 Å². The average Bonchev–Trinajstić information content (AvgIpc) is 4.00. The molecule has 3 unspecified atom stereocenters. The van der Waals surface area contributed by atoms with Crippen LogP contribution in [0.4, 0.5) is 0 Å². The highest BCUT2D eigenvalue weighted by Gasteiger charge is 2.33. The second-order valence-corrected chi connectivity index (χ2v) is 16.5. The van der Waals surface area contributed by atoms with Gasteiger partial charge in [0.1, 0.15) is 36.3 Å². The van der Waals surface area contributed by atoms with Crippen molar-refractivity contribution in [3.8, 4) is 0 Å². The number of benzene rings is 2. The molecule has 0 radical (unpaired) electrons. The van der Waals surface area contributed by atoms with Crippen molar-refractivity contribution >= 4 is 70.0 Å². The molecule has 23 heteroatoms. The summed E-state index contributed by atoms with van der Waals surface area (Å²) in [6, 6.07) is 7.74. The first-order chi connectivity index (χ1) is 33.1. The van der Waals surface area contributed by atoms with Crippen LogP contribution in [-0.4, -0.2) is 130 Å². The van der Waals surface area contributed by atoms with E-state index < -0.39 is 128 Å². The molecule has 1 aliphatic rings. The number of rotatable bonds is 15. The van der Waals surface area contributed by atoms with Crippen molar-refractivity contribution in [2.24, 2.45) is 5.73 Å². The number of unbranched alkanes of at least 4 members (excludes halogenated alkanes) is 1. The monoisotopic (exact) mass is 953 g/mol. The molecule has 10 amide bonds. The quantitative estimate of drug-likeness (QED) is 0.0600. The average molecular weight is 954 g/mol. The number of para-hydroxylation sites is 1. The van der Waals surface area contributed by atoms with Crippen molar-refractivity contribution in [3.05, 3.63) is 90.1 Å². The molecule has 4 aromatic rings. The van der Waals surface area contributed by atoms with Crippen LogP contribution in [0, 0.1) is 0 Å². The third kappa shape index (κ3) is 16.3. The van der Waals surface area contributed by atoms with Crippen LogP contribution < -0.4 is 53.6 Å². The van der Waals surface area contributed by atoms with Gasteiger partial charge in [0.2, 0.25) is 59.1 Å². The van der Waals surface area contributed by atoms with E-state index in [1.807, 2.05) is 25.1 Å². The molecule has 69 heavy (non-hydrogen) atoms. The zero-order valence-corrected chi connectivity index (χ0v) is 38.3. The highest BCUT2D eigenvalue weighted by Crippen LogP contribution is 2.19. The lowest BCUT2D eigenvalue weighted by Gasteiger charge is -2.26. The van der Waals surface area contributed by atoms with E-state index in [-0.39, 0.29) is 25.7 Å². The smallest absolute Gasteiger partial charge is 0.245 e. The Bertz CT molecular complexity index is 2460. The van der Waals surface area contributed by atoms with Gasteiger partial charge < -0.3 is 63.6 Å². The van der Waals surface area contributed by atoms with E-state index in [0.29, 0.717) is 29.7 Å². The molecule has 2 aromatic heterocycles. The molecule has 1 saturated heterocycles. The predicted molar refractivity (Wildman–Crippen MR) is 249 cm³/mol. The number of carbonyl (C=O) groups excluding carboxylic acids is 10. The molecule has 1 fully saturated rings. The molecular formula is C46H59N13O10. The van der Waals surface area contributed by atoms with Crippen LogP contribution in [0.15, 0.2) is 73.3 Å². The summed E-state index contributed by atoms with van der Waals surface area (Å²) < 4.78 is 0. The maximum atomic E-state index is 14.2. The minimum atomic E-state index is -1.53. The van der Waals surface area contributed by atoms with E-state index in [4.69, 9.17) is 5.73 Å². The van der Waals surface area contributed by atoms with Crippen molar-refractivity contribution in [1.82, 2.24) is 62.8 Å². The minimum Gasteiger partial charge on any atom is -0.368 e. The number of nitrogens with zero attached hydrogens (tertiary/aromatic N) is 1. The molecule has 5 rings (SSSR count). The number of aromatic amines is 2. The molecule has 2 aromatic carbocycles. The summed E-state index contributed by atoms with van der Waals surface area (Å²) in [6.45, 7) is 1.35. The Morgan fingerprint density at radius 3 is 2.12 bits per heavy atom. The molecule has 0 saturated carbocycles. The molecule has 0 spiro atoms. The van der Waals surface area contributed by atoms with Gasteiger partial charge in [0.15, 0.2) is 0 Å². The zero-order chi connectivity index (χ0) is 49.9. The number of hydrogen-bond donors (Lipinski definition) is 12. The van der Waals surface area contributed by atoms with Gasteiger partial charge in [0, 0.05) is 81.1 Å². The summed E-state index contributed by atoms with van der Waals surface area (Å²) in [5, 5.41) is 23.7. The van der Waals surface area contributed by atoms with Gasteiger partial charge in [-0.15, -0.1) is 0 Å². The molecule has 13 N–H and O–H groups in total. The first kappa shape index (κ1) is 51.9. The van der Waals surface area contributed by atoms with E-state index >= 15 is 0 Å². The number of fused-ring (bicyclic) bond motifs is 1. The normalized spacial score (nSPS) is 20.0. The van der Waals surface area contributed by atoms with Crippen LogP contribution >= 0.6 is 0 Å². The van der Waals surface area contributed by atoms with Gasteiger partial charge in [-0.1, -0.05) is 68.3 Å². The highest BCUT2D eigenvalue weighted by atomic mass is 16.2. The third-order valence-corrected chi connectivity index (χ3v) is 11.1. The number of H-pyrrole nitrogens is 2. The number of imidazole rings is 1. The second-order valence-electron chi connectivity index (χ2n) is 16.5. The summed E-state index contributed by atoms with van der Waals surface area (Å²) in [4.78, 5) is 144. The maximum absolute atomic E-state index is 14.2. The third-order valence-electron chi connectivity index (χ3n) is 11.1. The zero-order valence-electron chi connectivity index (χ0n) is 38.3. The number of amides is 10. The number of nitrogens with two attached hydrogens (primary N) is 1. The van der Waals surface area contributed by atoms with Crippen molar-refractivity contribution in [3.63, 3.8) is 0 Å². The van der Waals surface area contributed by atoms with Gasteiger partial charge in [-0.2, -0.15) is 0 Å². The van der Waals surface area contributed by atoms with Crippen molar-refractivity contribution in [2.75, 3.05) is 19.6 Å². The number of nitrogens with one attached hydrogen (secondary N) is 11. The van der Waals surface area contributed by atoms with Crippen LogP contribution in [0.3, 0.4) is 0 Å². The fraction of sp³-hybridized carbons (Fsp3) is 0.413. The molecular weight excluding hydrogens is 895 g/mol. The lowest BCUT2D eigenvalue weighted by molar-refractivity contribution is -0.135. The van der Waals surface area contributed by atoms with Gasteiger partial charge in [-0.05, 0) is 23.6 Å². The lowest BCUT2D eigenvalue weighted by atomic mass is 10.0.